The third-order valence-electron chi connectivity index (χ3n) is 7.27. The Hall–Kier alpha value is -4.24. The summed E-state index contributed by atoms with van der Waals surface area (Å²) in [5.41, 5.74) is 2.32. The average molecular weight is 541 g/mol. The van der Waals surface area contributed by atoms with Gasteiger partial charge in [-0.05, 0) is 74.1 Å². The minimum atomic E-state index is -0.422. The first-order chi connectivity index (χ1) is 18.9. The molecule has 1 aliphatic carbocycles. The second-order valence-corrected chi connectivity index (χ2v) is 11.1. The summed E-state index contributed by atoms with van der Waals surface area (Å²) in [5, 5.41) is 14.9. The van der Waals surface area contributed by atoms with E-state index < -0.39 is 5.69 Å². The molecule has 5 aromatic rings. The van der Waals surface area contributed by atoms with Crippen LogP contribution in [0, 0.1) is 12.8 Å². The number of aryl methyl sites for hydroxylation is 1. The molecule has 0 aliphatic heterocycles. The van der Waals surface area contributed by atoms with Gasteiger partial charge in [0.15, 0.2) is 0 Å². The summed E-state index contributed by atoms with van der Waals surface area (Å²) in [7, 11) is 0. The SMILES string of the molecule is CC(=O)N[C@H]1CC[C@H](CC(O)=c2sc3nccc4c3c2nc(=O)n4-c2ccc(Oc3ccccc3)cc2C)C1. The molecule has 0 bridgehead atoms. The van der Waals surface area contributed by atoms with E-state index in [2.05, 4.69) is 15.3 Å². The van der Waals surface area contributed by atoms with Gasteiger partial charge in [0.25, 0.3) is 0 Å². The molecule has 6 rings (SSSR count). The van der Waals surface area contributed by atoms with E-state index in [1.807, 2.05) is 61.5 Å². The Morgan fingerprint density at radius 1 is 1.15 bits per heavy atom. The Labute approximate surface area is 228 Å². The summed E-state index contributed by atoms with van der Waals surface area (Å²) >= 11 is 1.35. The lowest BCUT2D eigenvalue weighted by Gasteiger charge is -2.14. The largest absolute Gasteiger partial charge is 0.511 e. The molecule has 0 saturated heterocycles. The number of aromatic nitrogens is 3. The number of para-hydroxylation sites is 1. The molecule has 1 amide bonds. The summed E-state index contributed by atoms with van der Waals surface area (Å²) < 4.78 is 8.15. The van der Waals surface area contributed by atoms with Crippen molar-refractivity contribution in [3.8, 4) is 17.2 Å². The Morgan fingerprint density at radius 2 is 1.97 bits per heavy atom. The maximum absolute atomic E-state index is 13.5. The lowest BCUT2D eigenvalue weighted by atomic mass is 10.0. The first kappa shape index (κ1) is 25.1. The highest BCUT2D eigenvalue weighted by molar-refractivity contribution is 7.17. The molecule has 0 unspecified atom stereocenters. The molecule has 2 atom stereocenters. The maximum Gasteiger partial charge on any atom is 0.353 e. The number of hydrogen-bond acceptors (Lipinski definition) is 7. The van der Waals surface area contributed by atoms with Crippen LogP contribution in [0.4, 0.5) is 0 Å². The number of hydrogen-bond donors (Lipinski definition) is 2. The smallest absolute Gasteiger partial charge is 0.353 e. The molecule has 198 valence electrons. The van der Waals surface area contributed by atoms with Gasteiger partial charge >= 0.3 is 5.69 Å². The zero-order valence-electron chi connectivity index (χ0n) is 21.7. The molecule has 3 aromatic heterocycles. The van der Waals surface area contributed by atoms with Crippen molar-refractivity contribution in [3.63, 3.8) is 0 Å². The topological polar surface area (TPSA) is 106 Å². The molecule has 1 fully saturated rings. The first-order valence-electron chi connectivity index (χ1n) is 13.0. The molecule has 8 nitrogen and oxygen atoms in total. The number of carbonyl (C=O) groups excluding carboxylic acids is 1. The van der Waals surface area contributed by atoms with Crippen LogP contribution in [0.15, 0.2) is 65.6 Å². The number of benzene rings is 2. The van der Waals surface area contributed by atoms with Gasteiger partial charge in [0.2, 0.25) is 5.91 Å². The number of aliphatic hydroxyl groups excluding tert-OH is 1. The van der Waals surface area contributed by atoms with E-state index in [-0.39, 0.29) is 23.6 Å². The van der Waals surface area contributed by atoms with Crippen LogP contribution in [0.1, 0.15) is 38.2 Å². The van der Waals surface area contributed by atoms with Crippen molar-refractivity contribution < 1.29 is 14.6 Å². The number of rotatable bonds is 6. The molecular formula is C30H28N4O4S. The Morgan fingerprint density at radius 3 is 2.74 bits per heavy atom. The van der Waals surface area contributed by atoms with Gasteiger partial charge in [-0.1, -0.05) is 18.2 Å². The highest BCUT2D eigenvalue weighted by Crippen LogP contribution is 2.33. The molecule has 1 saturated carbocycles. The second-order valence-electron chi connectivity index (χ2n) is 10.1. The fraction of sp³-hybridized carbons (Fsp3) is 0.267. The van der Waals surface area contributed by atoms with Gasteiger partial charge in [0, 0.05) is 25.6 Å². The van der Waals surface area contributed by atoms with Crippen molar-refractivity contribution in [2.45, 2.75) is 45.6 Å². The molecule has 2 N–H and O–H groups in total. The maximum atomic E-state index is 13.5. The van der Waals surface area contributed by atoms with Crippen molar-refractivity contribution in [1.29, 1.82) is 0 Å². The summed E-state index contributed by atoms with van der Waals surface area (Å²) in [6, 6.07) is 17.1. The van der Waals surface area contributed by atoms with Crippen LogP contribution in [0.25, 0.3) is 32.7 Å². The standard InChI is InChI=1S/C30H28N4O4S/c1-17-14-22(38-21-6-4-3-5-7-21)10-11-23(17)34-24-12-13-31-29-26(24)27(33-30(34)37)28(39-29)25(36)16-19-8-9-20(15-19)32-18(2)35/h3-7,10-14,19-20,36H,8-9,15-16H2,1-2H3,(H,32,35)/t19-,20-/m0/s1. The van der Waals surface area contributed by atoms with Crippen LogP contribution in [-0.2, 0) is 4.79 Å². The number of ether oxygens (including phenoxy) is 1. The summed E-state index contributed by atoms with van der Waals surface area (Å²) in [6.45, 7) is 3.46. The zero-order chi connectivity index (χ0) is 27.1. The normalized spacial score (nSPS) is 18.0. The minimum Gasteiger partial charge on any atom is -0.511 e. The molecule has 2 aromatic carbocycles. The van der Waals surface area contributed by atoms with Gasteiger partial charge in [-0.2, -0.15) is 4.98 Å². The molecule has 9 heteroatoms. The summed E-state index contributed by atoms with van der Waals surface area (Å²) in [5.74, 6) is 1.85. The Kier molecular flexibility index (Phi) is 6.52. The number of carbonyl (C=O) groups is 1. The Bertz CT molecular complexity index is 1810. The van der Waals surface area contributed by atoms with Gasteiger partial charge in [0.1, 0.15) is 27.6 Å². The molecule has 0 spiro atoms. The fourth-order valence-electron chi connectivity index (χ4n) is 5.57. The Balaban J connectivity index is 1.39. The van der Waals surface area contributed by atoms with E-state index in [9.17, 15) is 14.7 Å². The van der Waals surface area contributed by atoms with E-state index in [0.717, 1.165) is 40.8 Å². The number of aliphatic hydroxyl groups is 1. The van der Waals surface area contributed by atoms with Crippen molar-refractivity contribution >= 4 is 44.3 Å². The average Bonchev–Trinajstić information content (AvgIpc) is 3.50. The van der Waals surface area contributed by atoms with Gasteiger partial charge in [-0.25, -0.2) is 9.78 Å². The van der Waals surface area contributed by atoms with Crippen molar-refractivity contribution in [2.24, 2.45) is 5.92 Å². The molecule has 3 heterocycles. The van der Waals surface area contributed by atoms with Crippen LogP contribution in [0.3, 0.4) is 0 Å². The lowest BCUT2D eigenvalue weighted by molar-refractivity contribution is -0.119. The number of nitrogens with zero attached hydrogens (tertiary/aromatic N) is 3. The van der Waals surface area contributed by atoms with Crippen LogP contribution in [0.2, 0.25) is 0 Å². The highest BCUT2D eigenvalue weighted by atomic mass is 32.1. The van der Waals surface area contributed by atoms with Crippen LogP contribution < -0.4 is 20.3 Å². The molecular weight excluding hydrogens is 512 g/mol. The van der Waals surface area contributed by atoms with Crippen molar-refractivity contribution in [1.82, 2.24) is 19.9 Å². The van der Waals surface area contributed by atoms with Crippen LogP contribution in [0.5, 0.6) is 11.5 Å². The van der Waals surface area contributed by atoms with Crippen molar-refractivity contribution in [2.75, 3.05) is 0 Å². The lowest BCUT2D eigenvalue weighted by Crippen LogP contribution is -2.30. The summed E-state index contributed by atoms with van der Waals surface area (Å²) in [6.07, 6.45) is 4.80. The first-order valence-corrected chi connectivity index (χ1v) is 13.8. The third-order valence-corrected chi connectivity index (χ3v) is 8.40. The molecule has 1 aliphatic rings. The minimum absolute atomic E-state index is 0.0307. The highest BCUT2D eigenvalue weighted by Gasteiger charge is 2.27. The zero-order valence-corrected chi connectivity index (χ0v) is 22.5. The quantitative estimate of drug-likeness (QED) is 0.308. The van der Waals surface area contributed by atoms with Crippen LogP contribution >= 0.6 is 11.3 Å². The number of nitrogens with one attached hydrogen (secondary N) is 1. The van der Waals surface area contributed by atoms with E-state index in [0.29, 0.717) is 33.4 Å². The van der Waals surface area contributed by atoms with Gasteiger partial charge < -0.3 is 15.2 Å². The fourth-order valence-corrected chi connectivity index (χ4v) is 6.63. The van der Waals surface area contributed by atoms with E-state index >= 15 is 0 Å². The van der Waals surface area contributed by atoms with E-state index in [1.54, 1.807) is 10.8 Å². The predicted molar refractivity (Wildman–Crippen MR) is 153 cm³/mol. The van der Waals surface area contributed by atoms with Gasteiger partial charge in [-0.15, -0.1) is 11.3 Å². The van der Waals surface area contributed by atoms with Gasteiger partial charge in [-0.3, -0.25) is 9.36 Å². The summed E-state index contributed by atoms with van der Waals surface area (Å²) in [4.78, 5) is 34.6. The van der Waals surface area contributed by atoms with Crippen LogP contribution in [-0.4, -0.2) is 31.6 Å². The third kappa shape index (κ3) is 4.85. The second kappa shape index (κ2) is 10.1. The van der Waals surface area contributed by atoms with E-state index in [4.69, 9.17) is 4.74 Å². The van der Waals surface area contributed by atoms with Gasteiger partial charge in [0.05, 0.1) is 21.1 Å². The van der Waals surface area contributed by atoms with E-state index in [1.165, 1.54) is 18.3 Å². The van der Waals surface area contributed by atoms with Crippen molar-refractivity contribution in [3.05, 3.63) is 81.4 Å². The number of thiophene rings is 1. The predicted octanol–water partition coefficient (Wildman–Crippen LogP) is 5.18. The monoisotopic (exact) mass is 540 g/mol. The molecule has 0 radical (unpaired) electrons. The number of pyridine rings is 1. The number of amides is 1. The molecule has 39 heavy (non-hydrogen) atoms.